The van der Waals surface area contributed by atoms with Gasteiger partial charge in [0.1, 0.15) is 11.5 Å². The first kappa shape index (κ1) is 15.6. The van der Waals surface area contributed by atoms with Gasteiger partial charge in [0.05, 0.1) is 29.6 Å². The quantitative estimate of drug-likeness (QED) is 0.884. The molecule has 1 aliphatic heterocycles. The lowest BCUT2D eigenvalue weighted by atomic mass is 10.2. The van der Waals surface area contributed by atoms with Crippen molar-refractivity contribution in [1.82, 2.24) is 20.4 Å². The number of nitrogens with one attached hydrogen (secondary N) is 2. The van der Waals surface area contributed by atoms with Gasteiger partial charge in [0, 0.05) is 20.2 Å². The summed E-state index contributed by atoms with van der Waals surface area (Å²) in [6.07, 6.45) is 1.40. The zero-order valence-electron chi connectivity index (χ0n) is 13.0. The van der Waals surface area contributed by atoms with Crippen molar-refractivity contribution in [3.8, 4) is 5.69 Å². The smallest absolute Gasteiger partial charge is 0.255 e. The SMILES string of the molecule is CO[C@H]1CNCC1NC(=O)c1cnn(-c2ccccc2F)c1C. The van der Waals surface area contributed by atoms with E-state index in [1.165, 1.54) is 16.9 Å². The second-order valence-electron chi connectivity index (χ2n) is 5.52. The van der Waals surface area contributed by atoms with Gasteiger partial charge in [-0.05, 0) is 19.1 Å². The molecule has 2 heterocycles. The fourth-order valence-electron chi connectivity index (χ4n) is 2.79. The molecule has 1 aromatic carbocycles. The highest BCUT2D eigenvalue weighted by atomic mass is 19.1. The van der Waals surface area contributed by atoms with E-state index in [-0.39, 0.29) is 23.9 Å². The summed E-state index contributed by atoms with van der Waals surface area (Å²) in [5, 5.41) is 10.3. The summed E-state index contributed by atoms with van der Waals surface area (Å²) in [5.74, 6) is -0.620. The first-order chi connectivity index (χ1) is 11.1. The van der Waals surface area contributed by atoms with Crippen LogP contribution in [0.1, 0.15) is 16.1 Å². The molecule has 1 unspecified atom stereocenters. The molecule has 122 valence electrons. The molecule has 0 spiro atoms. The number of rotatable bonds is 4. The fourth-order valence-corrected chi connectivity index (χ4v) is 2.79. The Balaban J connectivity index is 1.82. The number of ether oxygens (including phenoxy) is 1. The van der Waals surface area contributed by atoms with Gasteiger partial charge in [0.25, 0.3) is 5.91 Å². The molecule has 6 nitrogen and oxygen atoms in total. The summed E-state index contributed by atoms with van der Waals surface area (Å²) in [6.45, 7) is 3.11. The van der Waals surface area contributed by atoms with E-state index in [0.29, 0.717) is 30.0 Å². The third-order valence-electron chi connectivity index (χ3n) is 4.11. The highest BCUT2D eigenvalue weighted by Crippen LogP contribution is 2.17. The van der Waals surface area contributed by atoms with Crippen molar-refractivity contribution in [2.75, 3.05) is 20.2 Å². The predicted octanol–water partition coefficient (Wildman–Crippen LogP) is 1.04. The van der Waals surface area contributed by atoms with Crippen LogP contribution in [0, 0.1) is 12.7 Å². The van der Waals surface area contributed by atoms with Gasteiger partial charge in [-0.1, -0.05) is 12.1 Å². The van der Waals surface area contributed by atoms with E-state index in [9.17, 15) is 9.18 Å². The van der Waals surface area contributed by atoms with Crippen LogP contribution in [0.2, 0.25) is 0 Å². The predicted molar refractivity (Wildman–Crippen MR) is 83.2 cm³/mol. The zero-order valence-corrected chi connectivity index (χ0v) is 13.0. The molecule has 1 aliphatic rings. The minimum Gasteiger partial charge on any atom is -0.378 e. The first-order valence-corrected chi connectivity index (χ1v) is 7.45. The summed E-state index contributed by atoms with van der Waals surface area (Å²) >= 11 is 0. The second-order valence-corrected chi connectivity index (χ2v) is 5.52. The maximum Gasteiger partial charge on any atom is 0.255 e. The Bertz CT molecular complexity index is 716. The number of hydrogen-bond acceptors (Lipinski definition) is 4. The summed E-state index contributed by atoms with van der Waals surface area (Å²) < 4.78 is 20.7. The molecule has 0 radical (unpaired) electrons. The Morgan fingerprint density at radius 2 is 2.22 bits per heavy atom. The number of carbonyl (C=O) groups excluding carboxylic acids is 1. The van der Waals surface area contributed by atoms with Crippen molar-refractivity contribution in [1.29, 1.82) is 0 Å². The standard InChI is InChI=1S/C16H19FN4O2/c1-10-11(16(22)20-13-8-18-9-15(13)23-2)7-19-21(10)14-6-4-3-5-12(14)17/h3-7,13,15,18H,8-9H2,1-2H3,(H,20,22)/t13?,15-/m0/s1. The highest BCUT2D eigenvalue weighted by Gasteiger charge is 2.29. The molecule has 0 aliphatic carbocycles. The van der Waals surface area contributed by atoms with Crippen LogP contribution in [0.15, 0.2) is 30.5 Å². The van der Waals surface area contributed by atoms with E-state index in [1.54, 1.807) is 32.2 Å². The number of amides is 1. The van der Waals surface area contributed by atoms with Gasteiger partial charge in [-0.3, -0.25) is 4.79 Å². The molecule has 1 fully saturated rings. The molecule has 1 aromatic heterocycles. The molecule has 7 heteroatoms. The average Bonchev–Trinajstić information content (AvgIpc) is 3.14. The third-order valence-corrected chi connectivity index (χ3v) is 4.11. The number of hydrogen-bond donors (Lipinski definition) is 2. The van der Waals surface area contributed by atoms with E-state index in [2.05, 4.69) is 15.7 Å². The molecular formula is C16H19FN4O2. The minimum absolute atomic E-state index is 0.0548. The van der Waals surface area contributed by atoms with Crippen molar-refractivity contribution >= 4 is 5.91 Å². The topological polar surface area (TPSA) is 68.2 Å². The Labute approximate surface area is 133 Å². The summed E-state index contributed by atoms with van der Waals surface area (Å²) in [5.41, 5.74) is 1.34. The molecule has 2 aromatic rings. The lowest BCUT2D eigenvalue weighted by molar-refractivity contribution is 0.0779. The zero-order chi connectivity index (χ0) is 16.4. The van der Waals surface area contributed by atoms with Gasteiger partial charge >= 0.3 is 0 Å². The van der Waals surface area contributed by atoms with Crippen molar-refractivity contribution in [3.63, 3.8) is 0 Å². The number of carbonyl (C=O) groups is 1. The molecule has 0 bridgehead atoms. The van der Waals surface area contributed by atoms with Crippen LogP contribution >= 0.6 is 0 Å². The Morgan fingerprint density at radius 1 is 1.43 bits per heavy atom. The van der Waals surface area contributed by atoms with Crippen LogP contribution in [0.3, 0.4) is 0 Å². The lowest BCUT2D eigenvalue weighted by Gasteiger charge is -2.18. The Kier molecular flexibility index (Phi) is 4.40. The number of methoxy groups -OCH3 is 1. The number of para-hydroxylation sites is 1. The highest BCUT2D eigenvalue weighted by molar-refractivity contribution is 5.95. The average molecular weight is 318 g/mol. The van der Waals surface area contributed by atoms with E-state index in [1.807, 2.05) is 0 Å². The van der Waals surface area contributed by atoms with Gasteiger partial charge in [-0.2, -0.15) is 5.10 Å². The Hall–Kier alpha value is -2.25. The second kappa shape index (κ2) is 6.47. The minimum atomic E-state index is -0.384. The molecule has 3 rings (SSSR count). The molecule has 2 N–H and O–H groups in total. The maximum atomic E-state index is 13.9. The molecule has 1 amide bonds. The third kappa shape index (κ3) is 2.97. The van der Waals surface area contributed by atoms with Gasteiger partial charge in [0.2, 0.25) is 0 Å². The van der Waals surface area contributed by atoms with Crippen molar-refractivity contribution < 1.29 is 13.9 Å². The van der Waals surface area contributed by atoms with Gasteiger partial charge in [-0.15, -0.1) is 0 Å². The lowest BCUT2D eigenvalue weighted by Crippen LogP contribution is -2.43. The van der Waals surface area contributed by atoms with Crippen LogP contribution in [-0.4, -0.2) is 48.0 Å². The van der Waals surface area contributed by atoms with E-state index in [0.717, 1.165) is 0 Å². The van der Waals surface area contributed by atoms with Crippen LogP contribution < -0.4 is 10.6 Å². The van der Waals surface area contributed by atoms with E-state index in [4.69, 9.17) is 4.74 Å². The largest absolute Gasteiger partial charge is 0.378 e. The Morgan fingerprint density at radius 3 is 2.96 bits per heavy atom. The van der Waals surface area contributed by atoms with Gasteiger partial charge in [-0.25, -0.2) is 9.07 Å². The number of halogens is 1. The van der Waals surface area contributed by atoms with Crippen molar-refractivity contribution in [3.05, 3.63) is 47.5 Å². The van der Waals surface area contributed by atoms with Gasteiger partial charge in [0.15, 0.2) is 0 Å². The molecular weight excluding hydrogens is 299 g/mol. The summed E-state index contributed by atoms with van der Waals surface area (Å²) in [6, 6.07) is 6.24. The molecule has 2 atom stereocenters. The van der Waals surface area contributed by atoms with E-state index < -0.39 is 0 Å². The maximum absolute atomic E-state index is 13.9. The number of benzene rings is 1. The molecule has 1 saturated heterocycles. The molecule has 0 saturated carbocycles. The van der Waals surface area contributed by atoms with E-state index >= 15 is 0 Å². The van der Waals surface area contributed by atoms with Gasteiger partial charge < -0.3 is 15.4 Å². The normalized spacial score (nSPS) is 20.7. The van der Waals surface area contributed by atoms with Crippen LogP contribution in [0.5, 0.6) is 0 Å². The monoisotopic (exact) mass is 318 g/mol. The van der Waals surface area contributed by atoms with Crippen LogP contribution in [0.25, 0.3) is 5.69 Å². The fraction of sp³-hybridized carbons (Fsp3) is 0.375. The number of nitrogens with zero attached hydrogens (tertiary/aromatic N) is 2. The van der Waals surface area contributed by atoms with Crippen molar-refractivity contribution in [2.45, 2.75) is 19.1 Å². The van der Waals surface area contributed by atoms with Crippen LogP contribution in [-0.2, 0) is 4.74 Å². The van der Waals surface area contributed by atoms with Crippen molar-refractivity contribution in [2.24, 2.45) is 0 Å². The first-order valence-electron chi connectivity index (χ1n) is 7.45. The summed E-state index contributed by atoms with van der Waals surface area (Å²) in [7, 11) is 1.62. The molecule has 23 heavy (non-hydrogen) atoms. The number of aromatic nitrogens is 2. The summed E-state index contributed by atoms with van der Waals surface area (Å²) in [4.78, 5) is 12.5. The van der Waals surface area contributed by atoms with Crippen LogP contribution in [0.4, 0.5) is 4.39 Å².